The molecule has 0 unspecified atom stereocenters. The number of hydrogen-bond donors (Lipinski definition) is 1. The van der Waals surface area contributed by atoms with Crippen LogP contribution in [-0.4, -0.2) is 5.11 Å². The van der Waals surface area contributed by atoms with Crippen molar-refractivity contribution in [2.75, 3.05) is 0 Å². The second-order valence-electron chi connectivity index (χ2n) is 2.33. The molecular formula is C8H7F3O. The molecule has 1 nitrogen and oxygen atoms in total. The summed E-state index contributed by atoms with van der Waals surface area (Å²) in [6.07, 6.45) is 0.0480. The molecule has 1 rings (SSSR count). The minimum Gasteiger partial charge on any atom is -0.505 e. The summed E-state index contributed by atoms with van der Waals surface area (Å²) >= 11 is 0. The van der Waals surface area contributed by atoms with E-state index < -0.39 is 23.2 Å². The lowest BCUT2D eigenvalue weighted by atomic mass is 10.1. The maximum atomic E-state index is 12.7. The van der Waals surface area contributed by atoms with Crippen LogP contribution in [0.5, 0.6) is 5.75 Å². The van der Waals surface area contributed by atoms with Gasteiger partial charge in [-0.1, -0.05) is 6.92 Å². The van der Waals surface area contributed by atoms with Crippen molar-refractivity contribution in [3.05, 3.63) is 29.1 Å². The summed E-state index contributed by atoms with van der Waals surface area (Å²) in [6.45, 7) is 1.50. The molecule has 0 saturated carbocycles. The van der Waals surface area contributed by atoms with Gasteiger partial charge in [0.2, 0.25) is 0 Å². The van der Waals surface area contributed by atoms with E-state index in [2.05, 4.69) is 0 Å². The highest BCUT2D eigenvalue weighted by atomic mass is 19.2. The van der Waals surface area contributed by atoms with Crippen molar-refractivity contribution >= 4 is 0 Å². The lowest BCUT2D eigenvalue weighted by Crippen LogP contribution is -1.96. The Balaban J connectivity index is 3.42. The molecule has 0 aliphatic heterocycles. The Bertz CT molecular complexity index is 283. The van der Waals surface area contributed by atoms with Crippen LogP contribution >= 0.6 is 0 Å². The Hall–Kier alpha value is -1.19. The van der Waals surface area contributed by atoms with Gasteiger partial charge in [0.15, 0.2) is 23.2 Å². The zero-order valence-corrected chi connectivity index (χ0v) is 6.37. The summed E-state index contributed by atoms with van der Waals surface area (Å²) in [5.74, 6) is -4.40. The highest BCUT2D eigenvalue weighted by Crippen LogP contribution is 2.26. The van der Waals surface area contributed by atoms with Crippen LogP contribution < -0.4 is 0 Å². The molecule has 0 radical (unpaired) electrons. The molecule has 1 aromatic carbocycles. The second kappa shape index (κ2) is 3.05. The van der Waals surface area contributed by atoms with Gasteiger partial charge in [0, 0.05) is 11.6 Å². The molecule has 0 aliphatic rings. The predicted octanol–water partition coefficient (Wildman–Crippen LogP) is 2.37. The third-order valence-corrected chi connectivity index (χ3v) is 1.59. The van der Waals surface area contributed by atoms with Crippen LogP contribution in [0.25, 0.3) is 0 Å². The van der Waals surface area contributed by atoms with Crippen LogP contribution in [0.1, 0.15) is 12.5 Å². The maximum Gasteiger partial charge on any atom is 0.168 e. The Morgan fingerprint density at radius 1 is 1.25 bits per heavy atom. The van der Waals surface area contributed by atoms with Gasteiger partial charge in [0.05, 0.1) is 0 Å². The fourth-order valence-electron chi connectivity index (χ4n) is 0.958. The van der Waals surface area contributed by atoms with Gasteiger partial charge in [-0.2, -0.15) is 0 Å². The molecule has 0 aromatic heterocycles. The number of halogens is 3. The molecule has 1 N–H and O–H groups in total. The van der Waals surface area contributed by atoms with E-state index >= 15 is 0 Å². The van der Waals surface area contributed by atoms with Gasteiger partial charge in [0.25, 0.3) is 0 Å². The molecular weight excluding hydrogens is 169 g/mol. The van der Waals surface area contributed by atoms with E-state index in [1.54, 1.807) is 0 Å². The minimum atomic E-state index is -1.28. The Morgan fingerprint density at radius 3 is 2.33 bits per heavy atom. The van der Waals surface area contributed by atoms with E-state index in [0.29, 0.717) is 6.07 Å². The van der Waals surface area contributed by atoms with Crippen LogP contribution in [0.15, 0.2) is 6.07 Å². The number of rotatable bonds is 1. The van der Waals surface area contributed by atoms with Crippen molar-refractivity contribution in [3.63, 3.8) is 0 Å². The first-order valence-electron chi connectivity index (χ1n) is 3.43. The van der Waals surface area contributed by atoms with E-state index in [1.807, 2.05) is 0 Å². The number of phenols is 1. The summed E-state index contributed by atoms with van der Waals surface area (Å²) in [4.78, 5) is 0. The molecule has 0 bridgehead atoms. The summed E-state index contributed by atoms with van der Waals surface area (Å²) < 4.78 is 37.8. The van der Waals surface area contributed by atoms with Crippen LogP contribution in [0.3, 0.4) is 0 Å². The fourth-order valence-corrected chi connectivity index (χ4v) is 0.958. The highest BCUT2D eigenvalue weighted by molar-refractivity contribution is 5.35. The smallest absolute Gasteiger partial charge is 0.168 e. The zero-order chi connectivity index (χ0) is 9.30. The van der Waals surface area contributed by atoms with Gasteiger partial charge >= 0.3 is 0 Å². The first-order valence-corrected chi connectivity index (χ1v) is 3.43. The van der Waals surface area contributed by atoms with Gasteiger partial charge in [-0.25, -0.2) is 13.2 Å². The van der Waals surface area contributed by atoms with Crippen molar-refractivity contribution in [2.45, 2.75) is 13.3 Å². The van der Waals surface area contributed by atoms with E-state index in [9.17, 15) is 13.2 Å². The van der Waals surface area contributed by atoms with Gasteiger partial charge in [-0.05, 0) is 6.42 Å². The first kappa shape index (κ1) is 8.90. The Kier molecular flexibility index (Phi) is 2.26. The molecule has 1 aromatic rings. The summed E-state index contributed by atoms with van der Waals surface area (Å²) in [7, 11) is 0. The average Bonchev–Trinajstić information content (AvgIpc) is 2.02. The van der Waals surface area contributed by atoms with Crippen LogP contribution in [0.4, 0.5) is 13.2 Å². The van der Waals surface area contributed by atoms with Gasteiger partial charge in [-0.3, -0.25) is 0 Å². The molecule has 66 valence electrons. The number of benzene rings is 1. The van der Waals surface area contributed by atoms with Crippen molar-refractivity contribution in [3.8, 4) is 5.75 Å². The van der Waals surface area contributed by atoms with Crippen LogP contribution in [-0.2, 0) is 6.42 Å². The molecule has 0 amide bonds. The average molecular weight is 176 g/mol. The van der Waals surface area contributed by atoms with E-state index in [0.717, 1.165) is 0 Å². The summed E-state index contributed by atoms with van der Waals surface area (Å²) in [5.41, 5.74) is -0.326. The standard InChI is InChI=1S/C8H7F3O/c1-2-4-7(11)5(9)3-6(10)8(4)12/h3,12H,2H2,1H3. The quantitative estimate of drug-likeness (QED) is 0.651. The fraction of sp³-hybridized carbons (Fsp3) is 0.250. The lowest BCUT2D eigenvalue weighted by Gasteiger charge is -2.04. The van der Waals surface area contributed by atoms with Crippen molar-refractivity contribution in [2.24, 2.45) is 0 Å². The van der Waals surface area contributed by atoms with Gasteiger partial charge in [0.1, 0.15) is 0 Å². The monoisotopic (exact) mass is 176 g/mol. The summed E-state index contributed by atoms with van der Waals surface area (Å²) in [5, 5.41) is 8.92. The lowest BCUT2D eigenvalue weighted by molar-refractivity contribution is 0.403. The molecule has 4 heteroatoms. The largest absolute Gasteiger partial charge is 0.505 e. The van der Waals surface area contributed by atoms with Gasteiger partial charge < -0.3 is 5.11 Å². The third kappa shape index (κ3) is 1.24. The first-order chi connectivity index (χ1) is 5.57. The molecule has 0 atom stereocenters. The van der Waals surface area contributed by atoms with Crippen molar-refractivity contribution in [1.82, 2.24) is 0 Å². The molecule has 0 spiro atoms. The summed E-state index contributed by atoms with van der Waals surface area (Å²) in [6, 6.07) is 0.323. The van der Waals surface area contributed by atoms with Crippen molar-refractivity contribution in [1.29, 1.82) is 0 Å². The maximum absolute atomic E-state index is 12.7. The Morgan fingerprint density at radius 2 is 1.83 bits per heavy atom. The molecule has 0 aliphatic carbocycles. The van der Waals surface area contributed by atoms with E-state index in [1.165, 1.54) is 6.92 Å². The molecule has 0 heterocycles. The third-order valence-electron chi connectivity index (χ3n) is 1.59. The van der Waals surface area contributed by atoms with Crippen LogP contribution in [0.2, 0.25) is 0 Å². The zero-order valence-electron chi connectivity index (χ0n) is 6.37. The van der Waals surface area contributed by atoms with E-state index in [4.69, 9.17) is 5.11 Å². The Labute approximate surface area is 67.5 Å². The molecule has 12 heavy (non-hydrogen) atoms. The number of hydrogen-bond acceptors (Lipinski definition) is 1. The van der Waals surface area contributed by atoms with E-state index in [-0.39, 0.29) is 12.0 Å². The van der Waals surface area contributed by atoms with Crippen molar-refractivity contribution < 1.29 is 18.3 Å². The second-order valence-corrected chi connectivity index (χ2v) is 2.33. The predicted molar refractivity (Wildman–Crippen MR) is 37.4 cm³/mol. The number of aromatic hydroxyl groups is 1. The number of phenolic OH excluding ortho intramolecular Hbond substituents is 1. The van der Waals surface area contributed by atoms with Crippen LogP contribution in [0, 0.1) is 17.5 Å². The molecule has 0 fully saturated rings. The highest BCUT2D eigenvalue weighted by Gasteiger charge is 2.16. The minimum absolute atomic E-state index is 0.0480. The van der Waals surface area contributed by atoms with Gasteiger partial charge in [-0.15, -0.1) is 0 Å². The molecule has 0 saturated heterocycles. The SMILES string of the molecule is CCc1c(O)c(F)cc(F)c1F. The topological polar surface area (TPSA) is 20.2 Å². The normalized spacial score (nSPS) is 10.3.